The molecule has 1 aliphatic heterocycles. The van der Waals surface area contributed by atoms with Crippen LogP contribution in [0.25, 0.3) is 10.8 Å². The summed E-state index contributed by atoms with van der Waals surface area (Å²) in [7, 11) is 3.37. The van der Waals surface area contributed by atoms with Crippen LogP contribution in [0.1, 0.15) is 15.9 Å². The van der Waals surface area contributed by atoms with Crippen molar-refractivity contribution in [2.75, 3.05) is 46.9 Å². The summed E-state index contributed by atoms with van der Waals surface area (Å²) in [5, 5.41) is 2.55. The molecular formula is C26H29N3O3. The first-order chi connectivity index (χ1) is 15.5. The van der Waals surface area contributed by atoms with Crippen LogP contribution in [0.5, 0.6) is 5.75 Å². The molecule has 32 heavy (non-hydrogen) atoms. The molecule has 1 aliphatic rings. The molecule has 166 valence electrons. The third-order valence-corrected chi connectivity index (χ3v) is 5.88. The van der Waals surface area contributed by atoms with Crippen molar-refractivity contribution in [1.82, 2.24) is 14.7 Å². The number of hydrogen-bond donors (Lipinski definition) is 0. The van der Waals surface area contributed by atoms with Crippen LogP contribution in [0, 0.1) is 0 Å². The third-order valence-electron chi connectivity index (χ3n) is 5.88. The zero-order valence-electron chi connectivity index (χ0n) is 18.7. The standard InChI is InChI=1S/C26H29N3O3/c1-27(2)25(30)19-32-23-11-6-9-21(17-23)26(31)29-15-13-28(14-16-29)18-22-10-5-8-20-7-3-4-12-24(20)22/h3-12,17H,13-16,18-19H2,1-2H3. The maximum atomic E-state index is 13.0. The molecule has 0 N–H and O–H groups in total. The Balaban J connectivity index is 1.34. The Hall–Kier alpha value is -3.38. The quantitative estimate of drug-likeness (QED) is 0.601. The van der Waals surface area contributed by atoms with Gasteiger partial charge in [0.1, 0.15) is 5.75 Å². The van der Waals surface area contributed by atoms with Gasteiger partial charge in [0.15, 0.2) is 6.61 Å². The van der Waals surface area contributed by atoms with Gasteiger partial charge in [0.25, 0.3) is 11.8 Å². The number of carbonyl (C=O) groups is 2. The molecule has 6 nitrogen and oxygen atoms in total. The summed E-state index contributed by atoms with van der Waals surface area (Å²) in [6, 6.07) is 22.0. The first-order valence-corrected chi connectivity index (χ1v) is 10.9. The molecule has 1 fully saturated rings. The molecule has 3 aromatic rings. The van der Waals surface area contributed by atoms with E-state index < -0.39 is 0 Å². The summed E-state index contributed by atoms with van der Waals surface area (Å²) in [5.74, 6) is 0.406. The molecule has 2 amide bonds. The molecule has 3 aromatic carbocycles. The molecule has 4 rings (SSSR count). The second kappa shape index (κ2) is 9.83. The normalized spacial score (nSPS) is 14.4. The molecule has 1 heterocycles. The van der Waals surface area contributed by atoms with E-state index in [9.17, 15) is 9.59 Å². The van der Waals surface area contributed by atoms with E-state index in [0.717, 1.165) is 19.6 Å². The number of hydrogen-bond acceptors (Lipinski definition) is 4. The highest BCUT2D eigenvalue weighted by Crippen LogP contribution is 2.21. The van der Waals surface area contributed by atoms with Crippen molar-refractivity contribution < 1.29 is 14.3 Å². The molecule has 0 aromatic heterocycles. The van der Waals surface area contributed by atoms with Crippen molar-refractivity contribution in [1.29, 1.82) is 0 Å². The molecule has 0 saturated carbocycles. The van der Waals surface area contributed by atoms with Crippen molar-refractivity contribution in [2.45, 2.75) is 6.54 Å². The number of amides is 2. The van der Waals surface area contributed by atoms with Gasteiger partial charge in [-0.15, -0.1) is 0 Å². The van der Waals surface area contributed by atoms with Crippen LogP contribution < -0.4 is 4.74 Å². The molecule has 6 heteroatoms. The van der Waals surface area contributed by atoms with E-state index in [1.54, 1.807) is 38.4 Å². The second-order valence-electron chi connectivity index (χ2n) is 8.31. The number of piperazine rings is 1. The first kappa shape index (κ1) is 21.8. The molecule has 0 spiro atoms. The number of rotatable bonds is 6. The monoisotopic (exact) mass is 431 g/mol. The Kier molecular flexibility index (Phi) is 6.71. The molecule has 0 unspecified atom stereocenters. The predicted octanol–water partition coefficient (Wildman–Crippen LogP) is 3.26. The van der Waals surface area contributed by atoms with Gasteiger partial charge < -0.3 is 14.5 Å². The first-order valence-electron chi connectivity index (χ1n) is 10.9. The second-order valence-corrected chi connectivity index (χ2v) is 8.31. The van der Waals surface area contributed by atoms with E-state index in [-0.39, 0.29) is 18.4 Å². The van der Waals surface area contributed by atoms with Crippen molar-refractivity contribution in [3.8, 4) is 5.75 Å². The summed E-state index contributed by atoms with van der Waals surface area (Å²) in [6.07, 6.45) is 0. The minimum Gasteiger partial charge on any atom is -0.484 e. The van der Waals surface area contributed by atoms with Gasteiger partial charge in [-0.25, -0.2) is 0 Å². The maximum Gasteiger partial charge on any atom is 0.259 e. The summed E-state index contributed by atoms with van der Waals surface area (Å²) in [5.41, 5.74) is 1.90. The SMILES string of the molecule is CN(C)C(=O)COc1cccc(C(=O)N2CCN(Cc3cccc4ccccc34)CC2)c1. The van der Waals surface area contributed by atoms with E-state index in [2.05, 4.69) is 47.4 Å². The lowest BCUT2D eigenvalue weighted by Crippen LogP contribution is -2.48. The Morgan fingerprint density at radius 1 is 0.906 bits per heavy atom. The van der Waals surface area contributed by atoms with E-state index in [1.807, 2.05) is 4.90 Å². The van der Waals surface area contributed by atoms with Crippen LogP contribution in [0.2, 0.25) is 0 Å². The van der Waals surface area contributed by atoms with Crippen molar-refractivity contribution in [2.24, 2.45) is 0 Å². The minimum absolute atomic E-state index is 0.000744. The van der Waals surface area contributed by atoms with E-state index in [0.29, 0.717) is 24.4 Å². The number of nitrogens with zero attached hydrogens (tertiary/aromatic N) is 3. The minimum atomic E-state index is -0.121. The van der Waals surface area contributed by atoms with Crippen molar-refractivity contribution in [3.05, 3.63) is 77.9 Å². The highest BCUT2D eigenvalue weighted by Gasteiger charge is 2.23. The number of benzene rings is 3. The summed E-state index contributed by atoms with van der Waals surface area (Å²) < 4.78 is 5.56. The van der Waals surface area contributed by atoms with E-state index in [1.165, 1.54) is 21.2 Å². The summed E-state index contributed by atoms with van der Waals surface area (Å²) in [4.78, 5) is 30.5. The highest BCUT2D eigenvalue weighted by molar-refractivity contribution is 5.94. The maximum absolute atomic E-state index is 13.0. The summed E-state index contributed by atoms with van der Waals surface area (Å²) >= 11 is 0. The fourth-order valence-corrected chi connectivity index (χ4v) is 3.96. The van der Waals surface area contributed by atoms with Gasteiger partial charge in [-0.05, 0) is 34.5 Å². The van der Waals surface area contributed by atoms with Gasteiger partial charge in [-0.2, -0.15) is 0 Å². The Morgan fingerprint density at radius 3 is 2.41 bits per heavy atom. The van der Waals surface area contributed by atoms with Crippen molar-refractivity contribution in [3.63, 3.8) is 0 Å². The molecular weight excluding hydrogens is 402 g/mol. The fourth-order valence-electron chi connectivity index (χ4n) is 3.96. The van der Waals surface area contributed by atoms with Crippen molar-refractivity contribution >= 4 is 22.6 Å². The van der Waals surface area contributed by atoms with Gasteiger partial charge in [-0.1, -0.05) is 48.5 Å². The summed E-state index contributed by atoms with van der Waals surface area (Å²) in [6.45, 7) is 3.89. The third kappa shape index (κ3) is 5.08. The number of likely N-dealkylation sites (N-methyl/N-ethyl adjacent to an activating group) is 1. The van der Waals surface area contributed by atoms with Crippen LogP contribution in [0.4, 0.5) is 0 Å². The van der Waals surface area contributed by atoms with Gasteiger partial charge in [0, 0.05) is 52.4 Å². The zero-order chi connectivity index (χ0) is 22.5. The predicted molar refractivity (Wildman–Crippen MR) is 126 cm³/mol. The van der Waals surface area contributed by atoms with Crippen LogP contribution in [0.3, 0.4) is 0 Å². The van der Waals surface area contributed by atoms with Crippen LogP contribution in [-0.4, -0.2) is 73.4 Å². The lowest BCUT2D eigenvalue weighted by molar-refractivity contribution is -0.130. The fraction of sp³-hybridized carbons (Fsp3) is 0.308. The molecule has 1 saturated heterocycles. The smallest absolute Gasteiger partial charge is 0.259 e. The van der Waals surface area contributed by atoms with Gasteiger partial charge in [0.2, 0.25) is 0 Å². The van der Waals surface area contributed by atoms with Gasteiger partial charge in [0.05, 0.1) is 0 Å². The van der Waals surface area contributed by atoms with Crippen LogP contribution in [-0.2, 0) is 11.3 Å². The number of fused-ring (bicyclic) bond motifs is 1. The van der Waals surface area contributed by atoms with Crippen LogP contribution >= 0.6 is 0 Å². The average molecular weight is 432 g/mol. The Bertz CT molecular complexity index is 1100. The highest BCUT2D eigenvalue weighted by atomic mass is 16.5. The molecule has 0 atom stereocenters. The van der Waals surface area contributed by atoms with Gasteiger partial charge >= 0.3 is 0 Å². The molecule has 0 radical (unpaired) electrons. The van der Waals surface area contributed by atoms with Crippen LogP contribution in [0.15, 0.2) is 66.7 Å². The Labute approximate surface area is 189 Å². The topological polar surface area (TPSA) is 53.1 Å². The zero-order valence-corrected chi connectivity index (χ0v) is 18.7. The lowest BCUT2D eigenvalue weighted by Gasteiger charge is -2.35. The van der Waals surface area contributed by atoms with Gasteiger partial charge in [-0.3, -0.25) is 14.5 Å². The molecule has 0 aliphatic carbocycles. The van der Waals surface area contributed by atoms with E-state index in [4.69, 9.17) is 4.74 Å². The average Bonchev–Trinajstić information content (AvgIpc) is 2.83. The number of ether oxygens (including phenoxy) is 1. The molecule has 0 bridgehead atoms. The number of carbonyl (C=O) groups excluding carboxylic acids is 2. The largest absolute Gasteiger partial charge is 0.484 e. The van der Waals surface area contributed by atoms with E-state index >= 15 is 0 Å². The Morgan fingerprint density at radius 2 is 1.62 bits per heavy atom. The lowest BCUT2D eigenvalue weighted by atomic mass is 10.0.